The van der Waals surface area contributed by atoms with Gasteiger partial charge in [0.25, 0.3) is 0 Å². The molecule has 0 aliphatic rings. The lowest BCUT2D eigenvalue weighted by atomic mass is 10.0. The van der Waals surface area contributed by atoms with Gasteiger partial charge in [-0.05, 0) is 51.4 Å². The second-order valence-corrected chi connectivity index (χ2v) is 25.6. The van der Waals surface area contributed by atoms with E-state index in [0.29, 0.717) is 19.3 Å². The molecule has 0 fully saturated rings. The van der Waals surface area contributed by atoms with E-state index in [1.165, 1.54) is 315 Å². The number of unbranched alkanes of at least 4 members (excludes halogenated alkanes) is 55. The predicted octanol–water partition coefficient (Wildman–Crippen LogP) is 25.7. The SMILES string of the molecule is CCCCC/C=C\C/C=C\CCCCCCCCCC(=O)OC(COC(=O)CCCCCCCCCCCCCC)COC(=O)CCCCCCCCCCCCCCCCCCCCCCCCCCCCCCCCCCCCC. The highest BCUT2D eigenvalue weighted by molar-refractivity contribution is 5.71. The molecule has 6 heteroatoms. The minimum atomic E-state index is -0.772. The maximum Gasteiger partial charge on any atom is 0.306 e. The van der Waals surface area contributed by atoms with E-state index in [-0.39, 0.29) is 31.1 Å². The van der Waals surface area contributed by atoms with E-state index >= 15 is 0 Å². The predicted molar refractivity (Wildman–Crippen MR) is 358 cm³/mol. The van der Waals surface area contributed by atoms with Crippen molar-refractivity contribution in [1.82, 2.24) is 0 Å². The van der Waals surface area contributed by atoms with Crippen LogP contribution in [0.1, 0.15) is 425 Å². The minimum Gasteiger partial charge on any atom is -0.462 e. The topological polar surface area (TPSA) is 78.9 Å². The van der Waals surface area contributed by atoms with Crippen LogP contribution >= 0.6 is 0 Å². The van der Waals surface area contributed by atoms with Crippen molar-refractivity contribution >= 4 is 17.9 Å². The molecule has 1 atom stereocenters. The Kier molecular flexibility index (Phi) is 69.5. The van der Waals surface area contributed by atoms with Gasteiger partial charge < -0.3 is 14.2 Å². The van der Waals surface area contributed by atoms with Crippen molar-refractivity contribution < 1.29 is 28.6 Å². The molecule has 0 aliphatic carbocycles. The third kappa shape index (κ3) is 68.7. The molecule has 0 spiro atoms. The molecule has 0 aliphatic heterocycles. The zero-order valence-electron chi connectivity index (χ0n) is 55.8. The molecule has 1 unspecified atom stereocenters. The Morgan fingerprint density at radius 1 is 0.244 bits per heavy atom. The molecule has 0 aromatic rings. The van der Waals surface area contributed by atoms with Gasteiger partial charge in [0.2, 0.25) is 0 Å². The molecule has 0 saturated heterocycles. The van der Waals surface area contributed by atoms with Crippen LogP contribution in [0.25, 0.3) is 0 Å². The zero-order chi connectivity index (χ0) is 59.2. The van der Waals surface area contributed by atoms with Crippen LogP contribution < -0.4 is 0 Å². The summed E-state index contributed by atoms with van der Waals surface area (Å²) < 4.78 is 17.0. The molecule has 0 heterocycles. The standard InChI is InChI=1S/C76H144O6/c1-4-7-10-13-16-19-22-25-27-29-30-31-32-33-34-35-36-37-38-39-40-41-42-43-44-45-46-48-49-51-54-57-60-63-66-69-75(78)81-72-73(71-80-74(77)68-65-62-59-56-53-24-21-18-15-12-9-6-3)82-76(79)70-67-64-61-58-55-52-50-47-28-26-23-20-17-14-11-8-5-2/h17,20,26,28,73H,4-16,18-19,21-25,27,29-72H2,1-3H3/b20-17-,28-26-. The van der Waals surface area contributed by atoms with Crippen molar-refractivity contribution in [1.29, 1.82) is 0 Å². The Morgan fingerprint density at radius 3 is 0.695 bits per heavy atom. The fourth-order valence-electron chi connectivity index (χ4n) is 11.6. The normalized spacial score (nSPS) is 12.1. The molecule has 0 radical (unpaired) electrons. The van der Waals surface area contributed by atoms with Crippen molar-refractivity contribution in [2.75, 3.05) is 13.2 Å². The van der Waals surface area contributed by atoms with Gasteiger partial charge in [-0.25, -0.2) is 0 Å². The molecule has 0 aromatic heterocycles. The van der Waals surface area contributed by atoms with Crippen molar-refractivity contribution in [3.05, 3.63) is 24.3 Å². The quantitative estimate of drug-likeness (QED) is 0.0261. The van der Waals surface area contributed by atoms with Crippen LogP contribution in [-0.4, -0.2) is 37.2 Å². The summed E-state index contributed by atoms with van der Waals surface area (Å²) in [6, 6.07) is 0. The Labute approximate surface area is 513 Å². The van der Waals surface area contributed by atoms with Crippen LogP contribution in [0.2, 0.25) is 0 Å². The first-order valence-corrected chi connectivity index (χ1v) is 37.3. The summed E-state index contributed by atoms with van der Waals surface area (Å²) in [5.41, 5.74) is 0. The molecule has 0 rings (SSSR count). The van der Waals surface area contributed by atoms with Crippen molar-refractivity contribution in [2.45, 2.75) is 431 Å². The van der Waals surface area contributed by atoms with E-state index in [0.717, 1.165) is 70.6 Å². The first-order chi connectivity index (χ1) is 40.5. The third-order valence-corrected chi connectivity index (χ3v) is 17.2. The van der Waals surface area contributed by atoms with Gasteiger partial charge in [-0.3, -0.25) is 14.4 Å². The first kappa shape index (κ1) is 79.9. The van der Waals surface area contributed by atoms with Crippen molar-refractivity contribution in [3.63, 3.8) is 0 Å². The van der Waals surface area contributed by atoms with Crippen molar-refractivity contribution in [3.8, 4) is 0 Å². The number of rotatable bonds is 70. The highest BCUT2D eigenvalue weighted by Crippen LogP contribution is 2.19. The van der Waals surface area contributed by atoms with E-state index in [1.807, 2.05) is 0 Å². The van der Waals surface area contributed by atoms with Gasteiger partial charge in [0.1, 0.15) is 13.2 Å². The van der Waals surface area contributed by atoms with E-state index in [9.17, 15) is 14.4 Å². The van der Waals surface area contributed by atoms with Crippen LogP contribution in [0.5, 0.6) is 0 Å². The average Bonchev–Trinajstić information content (AvgIpc) is 3.47. The Morgan fingerprint density at radius 2 is 0.439 bits per heavy atom. The van der Waals surface area contributed by atoms with Gasteiger partial charge in [-0.2, -0.15) is 0 Å². The lowest BCUT2D eigenvalue weighted by Gasteiger charge is -2.18. The molecule has 6 nitrogen and oxygen atoms in total. The van der Waals surface area contributed by atoms with Crippen LogP contribution in [0, 0.1) is 0 Å². The van der Waals surface area contributed by atoms with Gasteiger partial charge >= 0.3 is 17.9 Å². The fourth-order valence-corrected chi connectivity index (χ4v) is 11.6. The number of hydrogen-bond donors (Lipinski definition) is 0. The number of hydrogen-bond acceptors (Lipinski definition) is 6. The van der Waals surface area contributed by atoms with Crippen LogP contribution in [-0.2, 0) is 28.6 Å². The summed E-state index contributed by atoms with van der Waals surface area (Å²) in [6.45, 7) is 6.68. The lowest BCUT2D eigenvalue weighted by Crippen LogP contribution is -2.30. The Bertz CT molecular complexity index is 1320. The lowest BCUT2D eigenvalue weighted by molar-refractivity contribution is -0.167. The maximum atomic E-state index is 12.9. The molecule has 82 heavy (non-hydrogen) atoms. The number of carbonyl (C=O) groups excluding carboxylic acids is 3. The first-order valence-electron chi connectivity index (χ1n) is 37.3. The zero-order valence-corrected chi connectivity index (χ0v) is 55.8. The summed E-state index contributed by atoms with van der Waals surface area (Å²) in [7, 11) is 0. The van der Waals surface area contributed by atoms with Crippen LogP contribution in [0.3, 0.4) is 0 Å². The Hall–Kier alpha value is -2.11. The fraction of sp³-hybridized carbons (Fsp3) is 0.908. The van der Waals surface area contributed by atoms with Crippen molar-refractivity contribution in [2.24, 2.45) is 0 Å². The van der Waals surface area contributed by atoms with E-state index in [2.05, 4.69) is 45.1 Å². The maximum absolute atomic E-state index is 12.9. The average molecular weight is 1150 g/mol. The largest absolute Gasteiger partial charge is 0.462 e. The second-order valence-electron chi connectivity index (χ2n) is 25.6. The van der Waals surface area contributed by atoms with Crippen LogP contribution in [0.4, 0.5) is 0 Å². The molecule has 0 N–H and O–H groups in total. The van der Waals surface area contributed by atoms with E-state index in [1.54, 1.807) is 0 Å². The summed E-state index contributed by atoms with van der Waals surface area (Å²) in [4.78, 5) is 38.4. The second kappa shape index (κ2) is 71.4. The van der Waals surface area contributed by atoms with Crippen LogP contribution in [0.15, 0.2) is 24.3 Å². The Balaban J connectivity index is 4.03. The smallest absolute Gasteiger partial charge is 0.306 e. The number of carbonyl (C=O) groups is 3. The van der Waals surface area contributed by atoms with E-state index in [4.69, 9.17) is 14.2 Å². The number of allylic oxidation sites excluding steroid dienone is 4. The van der Waals surface area contributed by atoms with Gasteiger partial charge in [0, 0.05) is 19.3 Å². The highest BCUT2D eigenvalue weighted by atomic mass is 16.6. The molecular weight excluding hydrogens is 1010 g/mol. The molecular formula is C76H144O6. The van der Waals surface area contributed by atoms with Gasteiger partial charge in [-0.15, -0.1) is 0 Å². The summed E-state index contributed by atoms with van der Waals surface area (Å²) in [6.07, 6.45) is 88.2. The van der Waals surface area contributed by atoms with Gasteiger partial charge in [0.05, 0.1) is 0 Å². The monoisotopic (exact) mass is 1150 g/mol. The number of esters is 3. The number of ether oxygens (including phenoxy) is 3. The van der Waals surface area contributed by atoms with E-state index < -0.39 is 6.10 Å². The highest BCUT2D eigenvalue weighted by Gasteiger charge is 2.20. The summed E-state index contributed by atoms with van der Waals surface area (Å²) >= 11 is 0. The summed E-state index contributed by atoms with van der Waals surface area (Å²) in [5, 5.41) is 0. The minimum absolute atomic E-state index is 0.0684. The molecule has 0 amide bonds. The molecule has 0 aromatic carbocycles. The van der Waals surface area contributed by atoms with Gasteiger partial charge in [0.15, 0.2) is 6.10 Å². The molecule has 0 saturated carbocycles. The molecule has 484 valence electrons. The van der Waals surface area contributed by atoms with Gasteiger partial charge in [-0.1, -0.05) is 379 Å². The third-order valence-electron chi connectivity index (χ3n) is 17.2. The summed E-state index contributed by atoms with van der Waals surface area (Å²) in [5.74, 6) is -0.846. The molecule has 0 bridgehead atoms.